The number of nitrogens with one attached hydrogen (secondary N) is 2. The summed E-state index contributed by atoms with van der Waals surface area (Å²) in [6.07, 6.45) is 4.13. The average Bonchev–Trinajstić information content (AvgIpc) is 2.31. The molecule has 0 aromatic carbocycles. The summed E-state index contributed by atoms with van der Waals surface area (Å²) >= 11 is 0. The molecule has 0 saturated heterocycles. The van der Waals surface area contributed by atoms with Crippen molar-refractivity contribution in [1.82, 2.24) is 10.6 Å². The van der Waals surface area contributed by atoms with Gasteiger partial charge in [-0.15, -0.1) is 0 Å². The molecule has 1 saturated carbocycles. The molecule has 0 aromatic rings. The molecule has 1 aliphatic carbocycles. The van der Waals surface area contributed by atoms with Crippen LogP contribution in [0.4, 0.5) is 0 Å². The first-order valence-corrected chi connectivity index (χ1v) is 7.07. The topological polar surface area (TPSA) is 61.4 Å². The molecule has 1 unspecified atom stereocenters. The Bertz CT molecular complexity index is 271. The van der Waals surface area contributed by atoms with Gasteiger partial charge in [0.25, 0.3) is 0 Å². The SMILES string of the molecule is CC1CCC(CO)(NC(C)C(=O)NC(C)C)CC1. The van der Waals surface area contributed by atoms with E-state index >= 15 is 0 Å². The van der Waals surface area contributed by atoms with Crippen LogP contribution in [0.2, 0.25) is 0 Å². The molecule has 4 nitrogen and oxygen atoms in total. The molecule has 1 amide bonds. The van der Waals surface area contributed by atoms with E-state index in [0.29, 0.717) is 0 Å². The van der Waals surface area contributed by atoms with Gasteiger partial charge in [0.2, 0.25) is 5.91 Å². The lowest BCUT2D eigenvalue weighted by atomic mass is 9.77. The van der Waals surface area contributed by atoms with Crippen molar-refractivity contribution in [3.63, 3.8) is 0 Å². The van der Waals surface area contributed by atoms with Crippen molar-refractivity contribution in [3.8, 4) is 0 Å². The summed E-state index contributed by atoms with van der Waals surface area (Å²) in [5.41, 5.74) is -0.264. The zero-order chi connectivity index (χ0) is 13.8. The summed E-state index contributed by atoms with van der Waals surface area (Å²) in [5.74, 6) is 0.739. The molecule has 0 aliphatic heterocycles. The van der Waals surface area contributed by atoms with Gasteiger partial charge >= 0.3 is 0 Å². The largest absolute Gasteiger partial charge is 0.394 e. The van der Waals surface area contributed by atoms with E-state index in [0.717, 1.165) is 31.6 Å². The Morgan fingerprint density at radius 1 is 1.33 bits per heavy atom. The highest BCUT2D eigenvalue weighted by atomic mass is 16.3. The van der Waals surface area contributed by atoms with Gasteiger partial charge in [-0.05, 0) is 52.4 Å². The molecule has 0 radical (unpaired) electrons. The van der Waals surface area contributed by atoms with Gasteiger partial charge in [-0.25, -0.2) is 0 Å². The van der Waals surface area contributed by atoms with E-state index in [1.54, 1.807) is 0 Å². The minimum atomic E-state index is -0.264. The van der Waals surface area contributed by atoms with Crippen LogP contribution in [0.1, 0.15) is 53.4 Å². The van der Waals surface area contributed by atoms with Crippen molar-refractivity contribution in [2.45, 2.75) is 71.0 Å². The van der Waals surface area contributed by atoms with Crippen molar-refractivity contribution < 1.29 is 9.90 Å². The maximum Gasteiger partial charge on any atom is 0.237 e. The predicted octanol–water partition coefficient (Wildman–Crippen LogP) is 1.43. The zero-order valence-electron chi connectivity index (χ0n) is 12.1. The third kappa shape index (κ3) is 4.25. The van der Waals surface area contributed by atoms with Gasteiger partial charge in [0, 0.05) is 11.6 Å². The van der Waals surface area contributed by atoms with Crippen molar-refractivity contribution in [1.29, 1.82) is 0 Å². The second-order valence-corrected chi connectivity index (χ2v) is 6.15. The Hall–Kier alpha value is -0.610. The van der Waals surface area contributed by atoms with Crippen LogP contribution in [0.3, 0.4) is 0 Å². The first-order chi connectivity index (χ1) is 8.38. The number of aliphatic hydroxyl groups excluding tert-OH is 1. The third-order valence-electron chi connectivity index (χ3n) is 3.88. The lowest BCUT2D eigenvalue weighted by Crippen LogP contribution is -2.58. The minimum Gasteiger partial charge on any atom is -0.394 e. The molecule has 0 bridgehead atoms. The smallest absolute Gasteiger partial charge is 0.237 e. The number of carbonyl (C=O) groups excluding carboxylic acids is 1. The second kappa shape index (κ2) is 6.53. The Labute approximate surface area is 111 Å². The van der Waals surface area contributed by atoms with Crippen LogP contribution >= 0.6 is 0 Å². The molecule has 0 spiro atoms. The molecule has 1 fully saturated rings. The van der Waals surface area contributed by atoms with Crippen LogP contribution in [0.15, 0.2) is 0 Å². The maximum atomic E-state index is 11.9. The number of carbonyl (C=O) groups is 1. The van der Waals surface area contributed by atoms with E-state index in [9.17, 15) is 9.90 Å². The summed E-state index contributed by atoms with van der Waals surface area (Å²) in [5, 5.41) is 15.9. The van der Waals surface area contributed by atoms with Gasteiger partial charge in [-0.3, -0.25) is 10.1 Å². The Kier molecular flexibility index (Phi) is 5.60. The Morgan fingerprint density at radius 2 is 1.89 bits per heavy atom. The number of rotatable bonds is 5. The number of amides is 1. The fourth-order valence-electron chi connectivity index (χ4n) is 2.60. The zero-order valence-corrected chi connectivity index (χ0v) is 12.1. The first-order valence-electron chi connectivity index (χ1n) is 7.07. The van der Waals surface area contributed by atoms with Crippen LogP contribution in [0, 0.1) is 5.92 Å². The summed E-state index contributed by atoms with van der Waals surface area (Å²) in [6, 6.07) is -0.105. The first kappa shape index (κ1) is 15.4. The van der Waals surface area contributed by atoms with Crippen LogP contribution < -0.4 is 10.6 Å². The van der Waals surface area contributed by atoms with Gasteiger partial charge in [0.15, 0.2) is 0 Å². The van der Waals surface area contributed by atoms with E-state index in [-0.39, 0.29) is 30.1 Å². The van der Waals surface area contributed by atoms with Crippen LogP contribution in [0.25, 0.3) is 0 Å². The molecule has 0 aromatic heterocycles. The van der Waals surface area contributed by atoms with Gasteiger partial charge in [-0.1, -0.05) is 6.92 Å². The highest BCUT2D eigenvalue weighted by Gasteiger charge is 2.35. The normalized spacial score (nSPS) is 30.2. The molecule has 0 heterocycles. The number of aliphatic hydroxyl groups is 1. The highest BCUT2D eigenvalue weighted by Crippen LogP contribution is 2.31. The lowest BCUT2D eigenvalue weighted by Gasteiger charge is -2.40. The van der Waals surface area contributed by atoms with Crippen molar-refractivity contribution >= 4 is 5.91 Å². The van der Waals surface area contributed by atoms with Crippen LogP contribution in [-0.2, 0) is 4.79 Å². The van der Waals surface area contributed by atoms with Gasteiger partial charge in [-0.2, -0.15) is 0 Å². The van der Waals surface area contributed by atoms with E-state index < -0.39 is 0 Å². The van der Waals surface area contributed by atoms with E-state index in [2.05, 4.69) is 17.6 Å². The summed E-state index contributed by atoms with van der Waals surface area (Å²) in [7, 11) is 0. The summed E-state index contributed by atoms with van der Waals surface area (Å²) in [6.45, 7) is 8.13. The lowest BCUT2D eigenvalue weighted by molar-refractivity contribution is -0.124. The average molecular weight is 256 g/mol. The number of hydrogen-bond donors (Lipinski definition) is 3. The fraction of sp³-hybridized carbons (Fsp3) is 0.929. The Balaban J connectivity index is 2.54. The van der Waals surface area contributed by atoms with Crippen molar-refractivity contribution in [3.05, 3.63) is 0 Å². The molecule has 4 heteroatoms. The molecule has 1 atom stereocenters. The van der Waals surface area contributed by atoms with Crippen LogP contribution in [0.5, 0.6) is 0 Å². The molecule has 1 rings (SSSR count). The monoisotopic (exact) mass is 256 g/mol. The molecule has 3 N–H and O–H groups in total. The minimum absolute atomic E-state index is 0.0106. The Morgan fingerprint density at radius 3 is 2.33 bits per heavy atom. The number of hydrogen-bond acceptors (Lipinski definition) is 3. The van der Waals surface area contributed by atoms with E-state index in [4.69, 9.17) is 0 Å². The molecule has 1 aliphatic rings. The van der Waals surface area contributed by atoms with Gasteiger partial charge in [0.1, 0.15) is 0 Å². The van der Waals surface area contributed by atoms with Crippen molar-refractivity contribution in [2.24, 2.45) is 5.92 Å². The van der Waals surface area contributed by atoms with Crippen LogP contribution in [-0.4, -0.2) is 35.2 Å². The molecular weight excluding hydrogens is 228 g/mol. The maximum absolute atomic E-state index is 11.9. The van der Waals surface area contributed by atoms with E-state index in [1.807, 2.05) is 20.8 Å². The molecule has 18 heavy (non-hydrogen) atoms. The standard InChI is InChI=1S/C14H28N2O2/c1-10(2)15-13(18)12(4)16-14(9-17)7-5-11(3)6-8-14/h10-12,16-17H,5-9H2,1-4H3,(H,15,18). The summed E-state index contributed by atoms with van der Waals surface area (Å²) in [4.78, 5) is 11.9. The third-order valence-corrected chi connectivity index (χ3v) is 3.88. The van der Waals surface area contributed by atoms with Gasteiger partial charge < -0.3 is 10.4 Å². The van der Waals surface area contributed by atoms with E-state index in [1.165, 1.54) is 0 Å². The quantitative estimate of drug-likeness (QED) is 0.697. The van der Waals surface area contributed by atoms with Crippen molar-refractivity contribution in [2.75, 3.05) is 6.61 Å². The molecular formula is C14H28N2O2. The second-order valence-electron chi connectivity index (χ2n) is 6.15. The highest BCUT2D eigenvalue weighted by molar-refractivity contribution is 5.81. The molecule has 106 valence electrons. The fourth-order valence-corrected chi connectivity index (χ4v) is 2.60. The van der Waals surface area contributed by atoms with Gasteiger partial charge in [0.05, 0.1) is 12.6 Å². The predicted molar refractivity (Wildman–Crippen MR) is 73.3 cm³/mol. The summed E-state index contributed by atoms with van der Waals surface area (Å²) < 4.78 is 0.